The number of ether oxygens (including phenoxy) is 1. The normalized spacial score (nSPS) is 35.3. The van der Waals surface area contributed by atoms with Gasteiger partial charge in [0, 0.05) is 19.8 Å². The highest BCUT2D eigenvalue weighted by molar-refractivity contribution is 5.30. The molecule has 0 aromatic carbocycles. The fraction of sp³-hybridized carbons (Fsp3) is 0.750. The summed E-state index contributed by atoms with van der Waals surface area (Å²) in [4.78, 5) is 0. The first-order valence-corrected chi connectivity index (χ1v) is 7.47. The monoisotopic (exact) mass is 247 g/mol. The molecule has 2 fully saturated rings. The van der Waals surface area contributed by atoms with Gasteiger partial charge in [0.25, 0.3) is 0 Å². The molecule has 0 aromatic heterocycles. The van der Waals surface area contributed by atoms with Crippen molar-refractivity contribution in [2.75, 3.05) is 20.3 Å². The van der Waals surface area contributed by atoms with Crippen LogP contribution in [0.5, 0.6) is 0 Å². The first kappa shape index (κ1) is 12.4. The van der Waals surface area contributed by atoms with Crippen molar-refractivity contribution in [3.05, 3.63) is 23.3 Å². The van der Waals surface area contributed by atoms with E-state index in [1.165, 1.54) is 45.1 Å². The topological polar surface area (TPSA) is 21.3 Å². The Labute approximate surface area is 110 Å². The predicted molar refractivity (Wildman–Crippen MR) is 74.5 cm³/mol. The summed E-state index contributed by atoms with van der Waals surface area (Å²) in [6, 6.07) is 0.686. The Hall–Kier alpha value is -0.600. The van der Waals surface area contributed by atoms with Crippen molar-refractivity contribution in [1.29, 1.82) is 0 Å². The van der Waals surface area contributed by atoms with Gasteiger partial charge < -0.3 is 10.1 Å². The van der Waals surface area contributed by atoms with Crippen LogP contribution in [0.4, 0.5) is 0 Å². The van der Waals surface area contributed by atoms with Crippen LogP contribution in [-0.2, 0) is 4.74 Å². The summed E-state index contributed by atoms with van der Waals surface area (Å²) in [5.74, 6) is 1.70. The largest absolute Gasteiger partial charge is 0.385 e. The quantitative estimate of drug-likeness (QED) is 0.824. The number of nitrogens with one attached hydrogen (secondary N) is 1. The Balaban J connectivity index is 1.60. The zero-order valence-electron chi connectivity index (χ0n) is 11.5. The number of fused-ring (bicyclic) bond motifs is 4. The highest BCUT2D eigenvalue weighted by Crippen LogP contribution is 2.42. The van der Waals surface area contributed by atoms with Crippen LogP contribution in [0.1, 0.15) is 38.5 Å². The van der Waals surface area contributed by atoms with E-state index in [2.05, 4.69) is 17.5 Å². The Morgan fingerprint density at radius 3 is 3.17 bits per heavy atom. The number of allylic oxidation sites excluding steroid dienone is 4. The Morgan fingerprint density at radius 1 is 1.33 bits per heavy atom. The lowest BCUT2D eigenvalue weighted by molar-refractivity contribution is 0.184. The summed E-state index contributed by atoms with van der Waals surface area (Å²) in [5.41, 5.74) is 3.43. The maximum absolute atomic E-state index is 5.19. The molecule has 1 unspecified atom stereocenters. The third-order valence-corrected chi connectivity index (χ3v) is 4.95. The minimum atomic E-state index is 0.686. The van der Waals surface area contributed by atoms with Crippen LogP contribution in [0.3, 0.4) is 0 Å². The van der Waals surface area contributed by atoms with Crippen LogP contribution in [0.25, 0.3) is 0 Å². The molecule has 100 valence electrons. The summed E-state index contributed by atoms with van der Waals surface area (Å²) in [6.07, 6.45) is 12.7. The van der Waals surface area contributed by atoms with Crippen molar-refractivity contribution in [2.45, 2.75) is 44.6 Å². The SMILES string of the molecule is COCC[C@@H]1CC([C@H]2CC3=CC=C2CCC3)CN1. The van der Waals surface area contributed by atoms with Crippen molar-refractivity contribution in [3.8, 4) is 0 Å². The molecule has 0 radical (unpaired) electrons. The van der Waals surface area contributed by atoms with Crippen molar-refractivity contribution in [3.63, 3.8) is 0 Å². The van der Waals surface area contributed by atoms with Gasteiger partial charge >= 0.3 is 0 Å². The van der Waals surface area contributed by atoms with E-state index in [-0.39, 0.29) is 0 Å². The van der Waals surface area contributed by atoms with E-state index in [1.54, 1.807) is 18.3 Å². The van der Waals surface area contributed by atoms with Gasteiger partial charge in [-0.1, -0.05) is 23.3 Å². The van der Waals surface area contributed by atoms with Gasteiger partial charge in [-0.2, -0.15) is 0 Å². The fourth-order valence-corrected chi connectivity index (χ4v) is 3.91. The Bertz CT molecular complexity index is 358. The number of rotatable bonds is 4. The van der Waals surface area contributed by atoms with Gasteiger partial charge in [0.05, 0.1) is 0 Å². The summed E-state index contributed by atoms with van der Waals surface area (Å²) < 4.78 is 5.19. The second kappa shape index (κ2) is 5.58. The standard InChI is InChI=1S/C16H25NO/c1-18-8-7-15-10-14(11-17-15)16-9-12-3-2-4-13(16)6-5-12/h5-6,14-17H,2-4,7-11H2,1H3/t14?,15-,16+/m1/s1. The maximum Gasteiger partial charge on any atom is 0.0477 e. The van der Waals surface area contributed by atoms with Crippen LogP contribution in [-0.4, -0.2) is 26.3 Å². The summed E-state index contributed by atoms with van der Waals surface area (Å²) in [5, 5.41) is 3.69. The molecular weight excluding hydrogens is 222 g/mol. The molecular formula is C16H25NO. The summed E-state index contributed by atoms with van der Waals surface area (Å²) in [6.45, 7) is 2.10. The van der Waals surface area contributed by atoms with E-state index in [9.17, 15) is 0 Å². The second-order valence-electron chi connectivity index (χ2n) is 6.11. The molecule has 3 aliphatic carbocycles. The van der Waals surface area contributed by atoms with Gasteiger partial charge in [0.2, 0.25) is 0 Å². The minimum absolute atomic E-state index is 0.686. The smallest absolute Gasteiger partial charge is 0.0477 e. The number of hydrogen-bond donors (Lipinski definition) is 1. The van der Waals surface area contributed by atoms with Crippen LogP contribution in [0, 0.1) is 11.8 Å². The van der Waals surface area contributed by atoms with Gasteiger partial charge in [0.1, 0.15) is 0 Å². The Morgan fingerprint density at radius 2 is 2.28 bits per heavy atom. The molecule has 1 N–H and O–H groups in total. The third-order valence-electron chi connectivity index (χ3n) is 4.95. The van der Waals surface area contributed by atoms with E-state index in [0.717, 1.165) is 18.4 Å². The van der Waals surface area contributed by atoms with Crippen LogP contribution >= 0.6 is 0 Å². The van der Waals surface area contributed by atoms with Gasteiger partial charge in [-0.25, -0.2) is 0 Å². The fourth-order valence-electron chi connectivity index (χ4n) is 3.91. The average Bonchev–Trinajstić information content (AvgIpc) is 2.63. The van der Waals surface area contributed by atoms with E-state index in [1.807, 2.05) is 0 Å². The van der Waals surface area contributed by atoms with Crippen molar-refractivity contribution in [2.24, 2.45) is 11.8 Å². The molecule has 0 aromatic rings. The highest BCUT2D eigenvalue weighted by Gasteiger charge is 2.34. The van der Waals surface area contributed by atoms with E-state index < -0.39 is 0 Å². The van der Waals surface area contributed by atoms with Crippen molar-refractivity contribution < 1.29 is 4.74 Å². The van der Waals surface area contributed by atoms with Crippen LogP contribution in [0.15, 0.2) is 23.3 Å². The molecule has 3 atom stereocenters. The lowest BCUT2D eigenvalue weighted by atomic mass is 9.78. The van der Waals surface area contributed by atoms with Gasteiger partial charge in [-0.05, 0) is 56.9 Å². The molecule has 0 spiro atoms. The summed E-state index contributed by atoms with van der Waals surface area (Å²) in [7, 11) is 1.80. The van der Waals surface area contributed by atoms with Gasteiger partial charge in [-0.15, -0.1) is 0 Å². The third kappa shape index (κ3) is 2.55. The minimum Gasteiger partial charge on any atom is -0.385 e. The Kier molecular flexibility index (Phi) is 3.86. The number of methoxy groups -OCH3 is 1. The molecule has 2 bridgehead atoms. The van der Waals surface area contributed by atoms with Crippen molar-refractivity contribution in [1.82, 2.24) is 5.32 Å². The molecule has 1 aliphatic heterocycles. The molecule has 4 rings (SSSR count). The molecule has 1 saturated heterocycles. The lowest BCUT2D eigenvalue weighted by Gasteiger charge is -2.27. The maximum atomic E-state index is 5.19. The van der Waals surface area contributed by atoms with Crippen LogP contribution < -0.4 is 5.32 Å². The zero-order valence-corrected chi connectivity index (χ0v) is 11.5. The lowest BCUT2D eigenvalue weighted by Crippen LogP contribution is -2.23. The van der Waals surface area contributed by atoms with E-state index in [0.29, 0.717) is 6.04 Å². The number of hydrogen-bond acceptors (Lipinski definition) is 2. The van der Waals surface area contributed by atoms with Gasteiger partial charge in [-0.3, -0.25) is 0 Å². The van der Waals surface area contributed by atoms with E-state index >= 15 is 0 Å². The van der Waals surface area contributed by atoms with E-state index in [4.69, 9.17) is 4.74 Å². The first-order chi connectivity index (χ1) is 8.86. The van der Waals surface area contributed by atoms with Crippen molar-refractivity contribution >= 4 is 0 Å². The molecule has 1 heterocycles. The summed E-state index contributed by atoms with van der Waals surface area (Å²) >= 11 is 0. The first-order valence-electron chi connectivity index (χ1n) is 7.47. The molecule has 18 heavy (non-hydrogen) atoms. The molecule has 1 saturated carbocycles. The predicted octanol–water partition coefficient (Wildman–Crippen LogP) is 3.06. The van der Waals surface area contributed by atoms with Crippen LogP contribution in [0.2, 0.25) is 0 Å². The zero-order chi connectivity index (χ0) is 12.4. The second-order valence-corrected chi connectivity index (χ2v) is 6.11. The molecule has 4 aliphatic rings. The molecule has 0 amide bonds. The highest BCUT2D eigenvalue weighted by atomic mass is 16.5. The molecule has 2 nitrogen and oxygen atoms in total. The van der Waals surface area contributed by atoms with Gasteiger partial charge in [0.15, 0.2) is 0 Å². The average molecular weight is 247 g/mol. The molecule has 2 heteroatoms.